The zero-order valence-corrected chi connectivity index (χ0v) is 12.4. The van der Waals surface area contributed by atoms with Crippen molar-refractivity contribution in [3.8, 4) is 16.3 Å². The van der Waals surface area contributed by atoms with Gasteiger partial charge in [0.25, 0.3) is 0 Å². The van der Waals surface area contributed by atoms with E-state index in [-0.39, 0.29) is 11.7 Å². The van der Waals surface area contributed by atoms with Gasteiger partial charge in [-0.1, -0.05) is 0 Å². The molecule has 6 heteroatoms. The Morgan fingerprint density at radius 2 is 2.33 bits per heavy atom. The summed E-state index contributed by atoms with van der Waals surface area (Å²) in [5, 5.41) is 10.0. The Bertz CT molecular complexity index is 661. The molecular weight excluding hydrogens is 290 g/mol. The molecule has 1 aromatic heterocycles. The van der Waals surface area contributed by atoms with Gasteiger partial charge in [-0.15, -0.1) is 11.3 Å². The summed E-state index contributed by atoms with van der Waals surface area (Å²) in [4.78, 5) is 16.7. The summed E-state index contributed by atoms with van der Waals surface area (Å²) in [7, 11) is 0. The number of ether oxygens (including phenoxy) is 2. The molecular formula is C15H15NO4S. The first-order valence-electron chi connectivity index (χ1n) is 6.67. The molecule has 5 nitrogen and oxygen atoms in total. The van der Waals surface area contributed by atoms with E-state index in [4.69, 9.17) is 9.47 Å². The van der Waals surface area contributed by atoms with E-state index in [0.29, 0.717) is 19.0 Å². The molecule has 0 spiro atoms. The lowest BCUT2D eigenvalue weighted by Gasteiger charge is -2.13. The van der Waals surface area contributed by atoms with Crippen molar-refractivity contribution in [3.05, 3.63) is 34.8 Å². The number of thiazole rings is 1. The van der Waals surface area contributed by atoms with Crippen LogP contribution in [0.4, 0.5) is 0 Å². The maximum absolute atomic E-state index is 11.3. The van der Waals surface area contributed by atoms with Crippen molar-refractivity contribution in [1.29, 1.82) is 0 Å². The van der Waals surface area contributed by atoms with Gasteiger partial charge in [0.15, 0.2) is 0 Å². The highest BCUT2D eigenvalue weighted by Gasteiger charge is 2.19. The Hall–Kier alpha value is -1.92. The lowest BCUT2D eigenvalue weighted by Crippen LogP contribution is -2.16. The van der Waals surface area contributed by atoms with Crippen LogP contribution in [0, 0.1) is 6.92 Å². The molecule has 1 aromatic carbocycles. The Kier molecular flexibility index (Phi) is 3.90. The van der Waals surface area contributed by atoms with Crippen LogP contribution in [-0.4, -0.2) is 35.4 Å². The zero-order chi connectivity index (χ0) is 14.8. The number of nitrogens with zero attached hydrogens (tertiary/aromatic N) is 1. The maximum Gasteiger partial charge on any atom is 0.335 e. The molecule has 2 aromatic rings. The average Bonchev–Trinajstić information content (AvgIpc) is 3.10. The van der Waals surface area contributed by atoms with Crippen LogP contribution in [0.25, 0.3) is 10.6 Å². The van der Waals surface area contributed by atoms with Crippen LogP contribution in [0.1, 0.15) is 21.7 Å². The molecule has 1 fully saturated rings. The quantitative estimate of drug-likeness (QED) is 0.940. The average molecular weight is 305 g/mol. The number of carboxylic acids is 1. The molecule has 21 heavy (non-hydrogen) atoms. The van der Waals surface area contributed by atoms with Gasteiger partial charge in [0.1, 0.15) is 16.9 Å². The number of hydrogen-bond donors (Lipinski definition) is 1. The normalized spacial score (nSPS) is 17.9. The number of rotatable bonds is 4. The minimum Gasteiger partial charge on any atom is -0.488 e. The van der Waals surface area contributed by atoms with E-state index in [9.17, 15) is 9.90 Å². The van der Waals surface area contributed by atoms with Crippen molar-refractivity contribution in [2.24, 2.45) is 0 Å². The van der Waals surface area contributed by atoms with Crippen molar-refractivity contribution in [1.82, 2.24) is 4.98 Å². The van der Waals surface area contributed by atoms with Gasteiger partial charge in [-0.2, -0.15) is 0 Å². The van der Waals surface area contributed by atoms with Crippen molar-refractivity contribution in [2.45, 2.75) is 19.4 Å². The van der Waals surface area contributed by atoms with E-state index < -0.39 is 5.97 Å². The summed E-state index contributed by atoms with van der Waals surface area (Å²) < 4.78 is 11.1. The molecule has 110 valence electrons. The molecule has 0 amide bonds. The fourth-order valence-corrected chi connectivity index (χ4v) is 2.95. The SMILES string of the molecule is Cc1cnc(-c2cc(O[C@H]3CCOC3)cc(C(=O)O)c2)s1. The molecule has 0 saturated carbocycles. The third-order valence-electron chi connectivity index (χ3n) is 3.21. The predicted octanol–water partition coefficient (Wildman–Crippen LogP) is 2.98. The van der Waals surface area contributed by atoms with Gasteiger partial charge in [-0.05, 0) is 25.1 Å². The first-order valence-corrected chi connectivity index (χ1v) is 7.49. The Labute approximate surface area is 126 Å². The van der Waals surface area contributed by atoms with Crippen molar-refractivity contribution in [2.75, 3.05) is 13.2 Å². The second-order valence-electron chi connectivity index (χ2n) is 4.93. The predicted molar refractivity (Wildman–Crippen MR) is 79.1 cm³/mol. The number of aryl methyl sites for hydroxylation is 1. The van der Waals surface area contributed by atoms with Gasteiger partial charge in [-0.3, -0.25) is 0 Å². The molecule has 1 saturated heterocycles. The largest absolute Gasteiger partial charge is 0.488 e. The van der Waals surface area contributed by atoms with Gasteiger partial charge in [0, 0.05) is 23.1 Å². The van der Waals surface area contributed by atoms with Gasteiger partial charge < -0.3 is 14.6 Å². The molecule has 0 aliphatic carbocycles. The van der Waals surface area contributed by atoms with E-state index in [1.54, 1.807) is 18.3 Å². The van der Waals surface area contributed by atoms with Gasteiger partial charge >= 0.3 is 5.97 Å². The second-order valence-corrected chi connectivity index (χ2v) is 6.17. The minimum absolute atomic E-state index is 0.0140. The monoisotopic (exact) mass is 305 g/mol. The maximum atomic E-state index is 11.3. The molecule has 2 heterocycles. The van der Waals surface area contributed by atoms with Gasteiger partial charge in [0.2, 0.25) is 0 Å². The van der Waals surface area contributed by atoms with Crippen LogP contribution in [0.15, 0.2) is 24.4 Å². The topological polar surface area (TPSA) is 68.7 Å². The summed E-state index contributed by atoms with van der Waals surface area (Å²) >= 11 is 1.53. The van der Waals surface area contributed by atoms with Crippen molar-refractivity contribution in [3.63, 3.8) is 0 Å². The Morgan fingerprint density at radius 3 is 2.95 bits per heavy atom. The fraction of sp³-hybridized carbons (Fsp3) is 0.333. The van der Waals surface area contributed by atoms with E-state index in [0.717, 1.165) is 21.9 Å². The first kappa shape index (κ1) is 14.0. The smallest absolute Gasteiger partial charge is 0.335 e. The fourth-order valence-electron chi connectivity index (χ4n) is 2.20. The summed E-state index contributed by atoms with van der Waals surface area (Å²) in [6.45, 7) is 3.19. The van der Waals surface area contributed by atoms with E-state index in [1.165, 1.54) is 11.3 Å². The van der Waals surface area contributed by atoms with Crippen LogP contribution in [0.5, 0.6) is 5.75 Å². The highest BCUT2D eigenvalue weighted by atomic mass is 32.1. The van der Waals surface area contributed by atoms with Gasteiger partial charge in [-0.25, -0.2) is 9.78 Å². The zero-order valence-electron chi connectivity index (χ0n) is 11.5. The molecule has 1 atom stereocenters. The molecule has 0 bridgehead atoms. The molecule has 0 unspecified atom stereocenters. The number of aromatic nitrogens is 1. The van der Waals surface area contributed by atoms with Crippen LogP contribution in [-0.2, 0) is 4.74 Å². The number of benzene rings is 1. The summed E-state index contributed by atoms with van der Waals surface area (Å²) in [5.41, 5.74) is 0.969. The van der Waals surface area contributed by atoms with Crippen LogP contribution in [0.3, 0.4) is 0 Å². The molecule has 0 radical (unpaired) electrons. The molecule has 1 aliphatic heterocycles. The second kappa shape index (κ2) is 5.83. The highest BCUT2D eigenvalue weighted by molar-refractivity contribution is 7.14. The number of aromatic carboxylic acids is 1. The summed E-state index contributed by atoms with van der Waals surface area (Å²) in [5.74, 6) is -0.425. The third-order valence-corrected chi connectivity index (χ3v) is 4.17. The van der Waals surface area contributed by atoms with E-state index in [2.05, 4.69) is 4.98 Å². The van der Waals surface area contributed by atoms with Crippen LogP contribution >= 0.6 is 11.3 Å². The van der Waals surface area contributed by atoms with Crippen molar-refractivity contribution < 1.29 is 19.4 Å². The van der Waals surface area contributed by atoms with E-state index >= 15 is 0 Å². The lowest BCUT2D eigenvalue weighted by atomic mass is 10.1. The molecule has 3 rings (SSSR count). The van der Waals surface area contributed by atoms with E-state index in [1.807, 2.05) is 13.0 Å². The Morgan fingerprint density at radius 1 is 1.48 bits per heavy atom. The van der Waals surface area contributed by atoms with Crippen molar-refractivity contribution >= 4 is 17.3 Å². The standard InChI is InChI=1S/C15H15NO4S/c1-9-7-16-14(21-9)10-4-11(15(17)18)6-13(5-10)20-12-2-3-19-8-12/h4-7,12H,2-3,8H2,1H3,(H,17,18)/t12-/m0/s1. The Balaban J connectivity index is 1.95. The van der Waals surface area contributed by atoms with Crippen LogP contribution in [0.2, 0.25) is 0 Å². The van der Waals surface area contributed by atoms with Crippen LogP contribution < -0.4 is 4.74 Å². The first-order chi connectivity index (χ1) is 10.1. The lowest BCUT2D eigenvalue weighted by molar-refractivity contribution is 0.0696. The number of carboxylic acid groups (broad SMARTS) is 1. The third kappa shape index (κ3) is 3.22. The number of carbonyl (C=O) groups is 1. The summed E-state index contributed by atoms with van der Waals surface area (Å²) in [6, 6.07) is 5.01. The highest BCUT2D eigenvalue weighted by Crippen LogP contribution is 2.30. The number of hydrogen-bond acceptors (Lipinski definition) is 5. The minimum atomic E-state index is -0.974. The molecule has 1 aliphatic rings. The van der Waals surface area contributed by atoms with Gasteiger partial charge in [0.05, 0.1) is 18.8 Å². The summed E-state index contributed by atoms with van der Waals surface area (Å²) in [6.07, 6.45) is 2.59. The molecule has 1 N–H and O–H groups in total.